The Morgan fingerprint density at radius 3 is 2.56 bits per heavy atom. The van der Waals surface area contributed by atoms with E-state index < -0.39 is 0 Å². The second-order valence-corrected chi connectivity index (χ2v) is 9.14. The third kappa shape index (κ3) is 5.72. The van der Waals surface area contributed by atoms with Crippen LogP contribution in [0.25, 0.3) is 0 Å². The summed E-state index contributed by atoms with van der Waals surface area (Å²) in [6.45, 7) is 8.30. The Balaban J connectivity index is 1.64. The van der Waals surface area contributed by atoms with Gasteiger partial charge in [-0.2, -0.15) is 4.98 Å². The van der Waals surface area contributed by atoms with Gasteiger partial charge < -0.3 is 25.4 Å². The molecule has 3 aromatic rings. The molecule has 3 N–H and O–H groups in total. The predicted octanol–water partition coefficient (Wildman–Crippen LogP) is 6.19. The van der Waals surface area contributed by atoms with Crippen molar-refractivity contribution in [3.63, 3.8) is 0 Å². The van der Waals surface area contributed by atoms with E-state index >= 15 is 0 Å². The second kappa shape index (κ2) is 10.9. The molecule has 1 aliphatic heterocycles. The Hall–Kier alpha value is -3.03. The van der Waals surface area contributed by atoms with Gasteiger partial charge in [0.25, 0.3) is 0 Å². The lowest BCUT2D eigenvalue weighted by molar-refractivity contribution is 0.243. The van der Waals surface area contributed by atoms with Crippen molar-refractivity contribution >= 4 is 34.7 Å². The maximum absolute atomic E-state index is 6.47. The van der Waals surface area contributed by atoms with Crippen LogP contribution in [0, 0.1) is 6.92 Å². The minimum atomic E-state index is 0.0350. The molecule has 1 fully saturated rings. The van der Waals surface area contributed by atoms with Crippen molar-refractivity contribution in [1.82, 2.24) is 15.3 Å². The molecule has 4 rings (SSSR count). The van der Waals surface area contributed by atoms with Gasteiger partial charge >= 0.3 is 0 Å². The molecule has 2 aromatic carbocycles. The first-order valence-electron chi connectivity index (χ1n) is 11.7. The quantitative estimate of drug-likeness (QED) is 0.354. The van der Waals surface area contributed by atoms with Crippen LogP contribution >= 0.6 is 11.6 Å². The molecular weight excluding hydrogens is 450 g/mol. The third-order valence-electron chi connectivity index (χ3n) is 5.86. The van der Waals surface area contributed by atoms with Gasteiger partial charge in [0, 0.05) is 0 Å². The number of anilines is 4. The number of nitrogens with zero attached hydrogens (tertiary/aromatic N) is 2. The number of hydrogen-bond acceptors (Lipinski definition) is 7. The van der Waals surface area contributed by atoms with Crippen LogP contribution < -0.4 is 25.4 Å². The fourth-order valence-electron chi connectivity index (χ4n) is 4.24. The maximum atomic E-state index is 6.47. The van der Waals surface area contributed by atoms with Crippen LogP contribution in [0.3, 0.4) is 0 Å². The van der Waals surface area contributed by atoms with Crippen molar-refractivity contribution in [1.29, 1.82) is 0 Å². The third-order valence-corrected chi connectivity index (χ3v) is 6.14. The predicted molar refractivity (Wildman–Crippen MR) is 138 cm³/mol. The Morgan fingerprint density at radius 2 is 1.82 bits per heavy atom. The average Bonchev–Trinajstić information content (AvgIpc) is 2.83. The van der Waals surface area contributed by atoms with Crippen molar-refractivity contribution in [2.24, 2.45) is 0 Å². The van der Waals surface area contributed by atoms with E-state index in [2.05, 4.69) is 45.0 Å². The lowest BCUT2D eigenvalue weighted by atomic mass is 9.87. The average molecular weight is 482 g/mol. The first kappa shape index (κ1) is 24.1. The van der Waals surface area contributed by atoms with E-state index in [0.717, 1.165) is 43.1 Å². The number of para-hydroxylation sites is 2. The van der Waals surface area contributed by atoms with Gasteiger partial charge in [-0.25, -0.2) is 4.98 Å². The largest absolute Gasteiger partial charge is 0.495 e. The van der Waals surface area contributed by atoms with Crippen LogP contribution in [0.4, 0.5) is 23.1 Å². The number of aryl methyl sites for hydroxylation is 1. The van der Waals surface area contributed by atoms with Crippen molar-refractivity contribution in [2.75, 3.05) is 30.8 Å². The monoisotopic (exact) mass is 481 g/mol. The van der Waals surface area contributed by atoms with Gasteiger partial charge in [-0.05, 0) is 88.0 Å². The molecule has 2 heterocycles. The lowest BCUT2D eigenvalue weighted by Crippen LogP contribution is -2.27. The number of piperidine rings is 1. The van der Waals surface area contributed by atoms with E-state index in [-0.39, 0.29) is 6.10 Å². The smallest absolute Gasteiger partial charge is 0.229 e. The van der Waals surface area contributed by atoms with Crippen LogP contribution in [0.1, 0.15) is 43.7 Å². The van der Waals surface area contributed by atoms with Gasteiger partial charge in [0.1, 0.15) is 16.5 Å². The Kier molecular flexibility index (Phi) is 7.75. The highest BCUT2D eigenvalue weighted by Gasteiger charge is 2.21. The van der Waals surface area contributed by atoms with E-state index in [0.29, 0.717) is 28.5 Å². The Bertz CT molecular complexity index is 1130. The molecule has 1 aliphatic rings. The van der Waals surface area contributed by atoms with Gasteiger partial charge in [-0.1, -0.05) is 23.7 Å². The summed E-state index contributed by atoms with van der Waals surface area (Å²) >= 11 is 6.47. The Morgan fingerprint density at radius 1 is 1.06 bits per heavy atom. The fraction of sp³-hybridized carbons (Fsp3) is 0.385. The summed E-state index contributed by atoms with van der Waals surface area (Å²) in [5, 5.41) is 10.4. The normalized spacial score (nSPS) is 14.2. The van der Waals surface area contributed by atoms with Crippen molar-refractivity contribution in [3.05, 3.63) is 58.7 Å². The number of nitrogens with one attached hydrogen (secondary N) is 3. The molecule has 0 amide bonds. The summed E-state index contributed by atoms with van der Waals surface area (Å²) in [5.74, 6) is 2.93. The molecule has 0 bridgehead atoms. The number of rotatable bonds is 8. The zero-order valence-electron chi connectivity index (χ0n) is 20.1. The lowest BCUT2D eigenvalue weighted by Gasteiger charge is -2.26. The first-order chi connectivity index (χ1) is 16.4. The number of ether oxygens (including phenoxy) is 2. The zero-order chi connectivity index (χ0) is 24.1. The molecule has 0 atom stereocenters. The number of methoxy groups -OCH3 is 1. The molecule has 0 unspecified atom stereocenters. The van der Waals surface area contributed by atoms with E-state index in [4.69, 9.17) is 21.1 Å². The first-order valence-corrected chi connectivity index (χ1v) is 12.0. The maximum Gasteiger partial charge on any atom is 0.229 e. The van der Waals surface area contributed by atoms with Gasteiger partial charge in [-0.15, -0.1) is 0 Å². The topological polar surface area (TPSA) is 80.3 Å². The summed E-state index contributed by atoms with van der Waals surface area (Å²) < 4.78 is 11.6. The van der Waals surface area contributed by atoms with Gasteiger partial charge in [-0.3, -0.25) is 0 Å². The molecule has 180 valence electrons. The molecule has 7 nitrogen and oxygen atoms in total. The summed E-state index contributed by atoms with van der Waals surface area (Å²) in [4.78, 5) is 8.94. The van der Waals surface area contributed by atoms with Gasteiger partial charge in [0.2, 0.25) is 5.95 Å². The Labute approximate surface area is 206 Å². The van der Waals surface area contributed by atoms with Crippen molar-refractivity contribution in [3.8, 4) is 11.5 Å². The molecule has 1 saturated heterocycles. The SMILES string of the molecule is COc1ccccc1Nc1ncc(Cl)c(Nc2cc(C)c(C3CCNCC3)cc2OC(C)C)n1. The van der Waals surface area contributed by atoms with E-state index in [1.54, 1.807) is 13.3 Å². The van der Waals surface area contributed by atoms with Crippen LogP contribution in [-0.2, 0) is 0 Å². The molecule has 0 saturated carbocycles. The zero-order valence-corrected chi connectivity index (χ0v) is 20.9. The number of hydrogen-bond donors (Lipinski definition) is 3. The van der Waals surface area contributed by atoms with Crippen LogP contribution in [-0.4, -0.2) is 36.3 Å². The minimum Gasteiger partial charge on any atom is -0.495 e. The molecule has 34 heavy (non-hydrogen) atoms. The highest BCUT2D eigenvalue weighted by molar-refractivity contribution is 6.33. The van der Waals surface area contributed by atoms with Crippen LogP contribution in [0.2, 0.25) is 5.02 Å². The summed E-state index contributed by atoms with van der Waals surface area (Å²) in [7, 11) is 1.63. The van der Waals surface area contributed by atoms with Gasteiger partial charge in [0.15, 0.2) is 5.82 Å². The second-order valence-electron chi connectivity index (χ2n) is 8.74. The summed E-state index contributed by atoms with van der Waals surface area (Å²) in [6, 6.07) is 11.9. The van der Waals surface area contributed by atoms with Crippen LogP contribution in [0.5, 0.6) is 11.5 Å². The van der Waals surface area contributed by atoms with E-state index in [1.807, 2.05) is 38.1 Å². The highest BCUT2D eigenvalue weighted by Crippen LogP contribution is 2.38. The van der Waals surface area contributed by atoms with E-state index in [9.17, 15) is 0 Å². The highest BCUT2D eigenvalue weighted by atomic mass is 35.5. The molecular formula is C26H32ClN5O2. The summed E-state index contributed by atoms with van der Waals surface area (Å²) in [5.41, 5.74) is 4.16. The molecule has 8 heteroatoms. The number of benzene rings is 2. The molecule has 0 radical (unpaired) electrons. The molecule has 0 aliphatic carbocycles. The molecule has 1 aromatic heterocycles. The number of halogens is 1. The molecule has 0 spiro atoms. The fourth-order valence-corrected chi connectivity index (χ4v) is 4.37. The van der Waals surface area contributed by atoms with Crippen LogP contribution in [0.15, 0.2) is 42.6 Å². The van der Waals surface area contributed by atoms with Crippen molar-refractivity contribution < 1.29 is 9.47 Å². The minimum absolute atomic E-state index is 0.0350. The number of aromatic nitrogens is 2. The van der Waals surface area contributed by atoms with E-state index in [1.165, 1.54) is 11.1 Å². The summed E-state index contributed by atoms with van der Waals surface area (Å²) in [6.07, 6.45) is 3.87. The van der Waals surface area contributed by atoms with Gasteiger partial charge in [0.05, 0.1) is 30.8 Å². The van der Waals surface area contributed by atoms with Crippen molar-refractivity contribution in [2.45, 2.75) is 45.6 Å². The standard InChI is InChI=1S/C26H32ClN5O2/c1-16(2)34-24-14-19(18-9-11-28-12-10-18)17(3)13-22(24)30-25-20(27)15-29-26(32-25)31-21-7-5-6-8-23(21)33-4/h5-8,13-16,18,28H,9-12H2,1-4H3,(H2,29,30,31,32).